The largest absolute Gasteiger partial charge is 0.383 e. The summed E-state index contributed by atoms with van der Waals surface area (Å²) >= 11 is 1.56. The van der Waals surface area contributed by atoms with Crippen molar-refractivity contribution < 1.29 is 5.11 Å². The normalized spacial score (nSPS) is 14.2. The molecule has 0 aliphatic rings. The molecular weight excluding hydrogens is 342 g/mol. The van der Waals surface area contributed by atoms with Gasteiger partial charge in [-0.25, -0.2) is 4.99 Å². The van der Waals surface area contributed by atoms with Crippen LogP contribution in [0.3, 0.4) is 0 Å². The maximum atomic E-state index is 10.7. The average Bonchev–Trinajstić information content (AvgIpc) is 3.19. The summed E-state index contributed by atoms with van der Waals surface area (Å²) in [7, 11) is 0. The molecular formula is C21H25N3OS. The van der Waals surface area contributed by atoms with E-state index >= 15 is 0 Å². The summed E-state index contributed by atoms with van der Waals surface area (Å²) in [5, 5.41) is 21.6. The summed E-state index contributed by atoms with van der Waals surface area (Å²) in [4.78, 5) is 5.60. The first-order valence-electron chi connectivity index (χ1n) is 8.85. The van der Waals surface area contributed by atoms with Gasteiger partial charge in [0.15, 0.2) is 5.96 Å². The molecule has 1 aromatic heterocycles. The van der Waals surface area contributed by atoms with Gasteiger partial charge in [-0.05, 0) is 47.7 Å². The molecule has 0 saturated carbocycles. The van der Waals surface area contributed by atoms with E-state index in [2.05, 4.69) is 46.0 Å². The van der Waals surface area contributed by atoms with E-state index in [0.29, 0.717) is 19.0 Å². The van der Waals surface area contributed by atoms with E-state index in [1.165, 1.54) is 10.8 Å². The number of thiophene rings is 1. The molecule has 1 heterocycles. The minimum atomic E-state index is -0.923. The lowest BCUT2D eigenvalue weighted by molar-refractivity contribution is 0.0655. The lowest BCUT2D eigenvalue weighted by Gasteiger charge is -2.23. The van der Waals surface area contributed by atoms with Crippen molar-refractivity contribution >= 4 is 28.1 Å². The fourth-order valence-corrected chi connectivity index (χ4v) is 3.56. The number of nitrogens with zero attached hydrogens (tertiary/aromatic N) is 1. The summed E-state index contributed by atoms with van der Waals surface area (Å²) in [6.07, 6.45) is 0. The van der Waals surface area contributed by atoms with Crippen LogP contribution in [-0.4, -0.2) is 24.2 Å². The standard InChI is InChI=1S/C21H25N3OS/c1-3-22-20(24-15-21(2,25)19-9-6-12-26-19)23-14-16-10-11-17-7-4-5-8-18(17)13-16/h4-13,25H,3,14-15H2,1-2H3,(H2,22,23,24). The van der Waals surface area contributed by atoms with Crippen LogP contribution >= 0.6 is 11.3 Å². The molecule has 0 fully saturated rings. The van der Waals surface area contributed by atoms with Crippen molar-refractivity contribution in [1.82, 2.24) is 10.6 Å². The molecule has 0 amide bonds. The van der Waals surface area contributed by atoms with Crippen molar-refractivity contribution in [1.29, 1.82) is 0 Å². The Morgan fingerprint density at radius 3 is 2.62 bits per heavy atom. The molecule has 5 heteroatoms. The van der Waals surface area contributed by atoms with Crippen LogP contribution in [0.5, 0.6) is 0 Å². The molecule has 4 nitrogen and oxygen atoms in total. The number of nitrogens with one attached hydrogen (secondary N) is 2. The molecule has 0 saturated heterocycles. The summed E-state index contributed by atoms with van der Waals surface area (Å²) in [6, 6.07) is 18.6. The number of aliphatic imine (C=N–C) groups is 1. The third kappa shape index (κ3) is 4.62. The molecule has 26 heavy (non-hydrogen) atoms. The van der Waals surface area contributed by atoms with Gasteiger partial charge in [0.05, 0.1) is 13.1 Å². The molecule has 0 spiro atoms. The molecule has 1 atom stereocenters. The first-order chi connectivity index (χ1) is 12.6. The van der Waals surface area contributed by atoms with Crippen molar-refractivity contribution in [2.24, 2.45) is 4.99 Å². The molecule has 136 valence electrons. The van der Waals surface area contributed by atoms with Gasteiger partial charge < -0.3 is 15.7 Å². The minimum absolute atomic E-state index is 0.400. The van der Waals surface area contributed by atoms with Gasteiger partial charge in [0.2, 0.25) is 0 Å². The maximum Gasteiger partial charge on any atom is 0.191 e. The van der Waals surface area contributed by atoms with E-state index in [4.69, 9.17) is 0 Å². The van der Waals surface area contributed by atoms with Crippen LogP contribution in [0.1, 0.15) is 24.3 Å². The second-order valence-corrected chi connectivity index (χ2v) is 7.43. The van der Waals surface area contributed by atoms with Gasteiger partial charge in [-0.1, -0.05) is 42.5 Å². The molecule has 0 aliphatic carbocycles. The van der Waals surface area contributed by atoms with Crippen LogP contribution in [0.4, 0.5) is 0 Å². The summed E-state index contributed by atoms with van der Waals surface area (Å²) < 4.78 is 0. The van der Waals surface area contributed by atoms with Crippen LogP contribution in [0.25, 0.3) is 10.8 Å². The number of hydrogen-bond acceptors (Lipinski definition) is 3. The molecule has 1 unspecified atom stereocenters. The molecule has 0 bridgehead atoms. The maximum absolute atomic E-state index is 10.7. The highest BCUT2D eigenvalue weighted by atomic mass is 32.1. The van der Waals surface area contributed by atoms with E-state index in [9.17, 15) is 5.11 Å². The highest BCUT2D eigenvalue weighted by Crippen LogP contribution is 2.24. The van der Waals surface area contributed by atoms with Crippen molar-refractivity contribution in [2.45, 2.75) is 26.0 Å². The summed E-state index contributed by atoms with van der Waals surface area (Å²) in [5.74, 6) is 0.706. The SMILES string of the molecule is CCNC(=NCc1ccc2ccccc2c1)NCC(C)(O)c1cccs1. The van der Waals surface area contributed by atoms with Crippen LogP contribution in [0.15, 0.2) is 65.0 Å². The predicted molar refractivity (Wildman–Crippen MR) is 111 cm³/mol. The Labute approximate surface area is 158 Å². The summed E-state index contributed by atoms with van der Waals surface area (Å²) in [5.41, 5.74) is 0.235. The van der Waals surface area contributed by atoms with Gasteiger partial charge in [-0.15, -0.1) is 11.3 Å². The lowest BCUT2D eigenvalue weighted by Crippen LogP contribution is -2.44. The first-order valence-corrected chi connectivity index (χ1v) is 9.72. The molecule has 3 N–H and O–H groups in total. The fourth-order valence-electron chi connectivity index (χ4n) is 2.78. The number of rotatable bonds is 6. The number of hydrogen-bond donors (Lipinski definition) is 3. The topological polar surface area (TPSA) is 56.7 Å². The Hall–Kier alpha value is -2.37. The summed E-state index contributed by atoms with van der Waals surface area (Å²) in [6.45, 7) is 5.60. The Balaban J connectivity index is 1.68. The second kappa shape index (κ2) is 8.34. The lowest BCUT2D eigenvalue weighted by atomic mass is 10.1. The molecule has 3 aromatic rings. The average molecular weight is 368 g/mol. The van der Waals surface area contributed by atoms with E-state index < -0.39 is 5.60 Å². The quantitative estimate of drug-likeness (QED) is 0.458. The Kier molecular flexibility index (Phi) is 5.91. The van der Waals surface area contributed by atoms with E-state index in [-0.39, 0.29) is 0 Å². The van der Waals surface area contributed by atoms with Crippen molar-refractivity contribution in [3.8, 4) is 0 Å². The number of benzene rings is 2. The number of fused-ring (bicyclic) bond motifs is 1. The van der Waals surface area contributed by atoms with Gasteiger partial charge >= 0.3 is 0 Å². The Bertz CT molecular complexity index is 872. The predicted octanol–water partition coefficient (Wildman–Crippen LogP) is 3.86. The van der Waals surface area contributed by atoms with E-state index in [0.717, 1.165) is 17.0 Å². The zero-order valence-corrected chi connectivity index (χ0v) is 16.0. The van der Waals surface area contributed by atoms with Gasteiger partial charge in [0.1, 0.15) is 5.60 Å². The molecule has 3 rings (SSSR count). The third-order valence-electron chi connectivity index (χ3n) is 4.23. The van der Waals surface area contributed by atoms with E-state index in [1.54, 1.807) is 11.3 Å². The Morgan fingerprint density at radius 1 is 1.08 bits per heavy atom. The fraction of sp³-hybridized carbons (Fsp3) is 0.286. The van der Waals surface area contributed by atoms with Crippen molar-refractivity contribution in [2.75, 3.05) is 13.1 Å². The smallest absolute Gasteiger partial charge is 0.191 e. The minimum Gasteiger partial charge on any atom is -0.383 e. The van der Waals surface area contributed by atoms with Crippen molar-refractivity contribution in [3.63, 3.8) is 0 Å². The van der Waals surface area contributed by atoms with Crippen LogP contribution in [0.2, 0.25) is 0 Å². The number of guanidine groups is 1. The van der Waals surface area contributed by atoms with Crippen molar-refractivity contribution in [3.05, 3.63) is 70.4 Å². The van der Waals surface area contributed by atoms with Crippen LogP contribution in [-0.2, 0) is 12.1 Å². The third-order valence-corrected chi connectivity index (χ3v) is 5.35. The van der Waals surface area contributed by atoms with Crippen LogP contribution in [0, 0.1) is 0 Å². The zero-order valence-electron chi connectivity index (χ0n) is 15.2. The van der Waals surface area contributed by atoms with Gasteiger partial charge in [-0.2, -0.15) is 0 Å². The monoisotopic (exact) mass is 367 g/mol. The highest BCUT2D eigenvalue weighted by molar-refractivity contribution is 7.10. The van der Waals surface area contributed by atoms with Gasteiger partial charge in [-0.3, -0.25) is 0 Å². The molecule has 2 aromatic carbocycles. The number of aliphatic hydroxyl groups is 1. The van der Waals surface area contributed by atoms with E-state index in [1.807, 2.05) is 43.5 Å². The molecule has 0 radical (unpaired) electrons. The first kappa shape index (κ1) is 18.4. The van der Waals surface area contributed by atoms with Gasteiger partial charge in [0, 0.05) is 11.4 Å². The zero-order chi connectivity index (χ0) is 18.4. The molecule has 0 aliphatic heterocycles. The highest BCUT2D eigenvalue weighted by Gasteiger charge is 2.24. The Morgan fingerprint density at radius 2 is 1.88 bits per heavy atom. The van der Waals surface area contributed by atoms with Gasteiger partial charge in [0.25, 0.3) is 0 Å². The van der Waals surface area contributed by atoms with Crippen LogP contribution < -0.4 is 10.6 Å². The second-order valence-electron chi connectivity index (χ2n) is 6.48.